The summed E-state index contributed by atoms with van der Waals surface area (Å²) in [4.78, 5) is 1.51. The molecule has 1 saturated heterocycles. The first kappa shape index (κ1) is 16.8. The van der Waals surface area contributed by atoms with Gasteiger partial charge in [0.2, 0.25) is 0 Å². The number of halogens is 1. The summed E-state index contributed by atoms with van der Waals surface area (Å²) < 4.78 is 18.9. The first-order valence-corrected chi connectivity index (χ1v) is 7.82. The molecule has 3 N–H and O–H groups in total. The quantitative estimate of drug-likeness (QED) is 0.403. The highest BCUT2D eigenvalue weighted by atomic mass is 32.1. The summed E-state index contributed by atoms with van der Waals surface area (Å²) in [6, 6.07) is 6.53. The van der Waals surface area contributed by atoms with E-state index in [9.17, 15) is 4.39 Å². The number of ether oxygens (including phenoxy) is 1. The summed E-state index contributed by atoms with van der Waals surface area (Å²) in [6.07, 6.45) is 0. The molecule has 0 radical (unpaired) electrons. The van der Waals surface area contributed by atoms with Crippen LogP contribution in [0.2, 0.25) is 0 Å². The van der Waals surface area contributed by atoms with Crippen molar-refractivity contribution in [2.24, 2.45) is 5.10 Å². The maximum atomic E-state index is 13.6. The van der Waals surface area contributed by atoms with Gasteiger partial charge in [-0.05, 0) is 25.2 Å². The van der Waals surface area contributed by atoms with Crippen LogP contribution in [0.4, 0.5) is 4.39 Å². The van der Waals surface area contributed by atoms with E-state index in [1.807, 2.05) is 0 Å². The van der Waals surface area contributed by atoms with Gasteiger partial charge in [-0.15, -0.1) is 0 Å². The van der Waals surface area contributed by atoms with Crippen LogP contribution in [0.3, 0.4) is 0 Å². The lowest BCUT2D eigenvalue weighted by Crippen LogP contribution is -3.14. The molecule has 1 heterocycles. The number of hydrogen-bond acceptors (Lipinski definition) is 3. The molecule has 0 atom stereocenters. The number of hydrazone groups is 1. The van der Waals surface area contributed by atoms with Crippen molar-refractivity contribution in [1.29, 1.82) is 0 Å². The average molecular weight is 325 g/mol. The maximum Gasteiger partial charge on any atom is 0.187 e. The second kappa shape index (κ2) is 8.77. The molecule has 0 spiro atoms. The van der Waals surface area contributed by atoms with Crippen molar-refractivity contribution in [2.75, 3.05) is 39.4 Å². The molecule has 120 valence electrons. The van der Waals surface area contributed by atoms with Crippen LogP contribution in [0.1, 0.15) is 12.5 Å². The fourth-order valence-corrected chi connectivity index (χ4v) is 2.40. The fourth-order valence-electron chi connectivity index (χ4n) is 2.25. The molecule has 7 heteroatoms. The minimum Gasteiger partial charge on any atom is -0.370 e. The number of nitrogens with one attached hydrogen (secondary N) is 3. The van der Waals surface area contributed by atoms with Gasteiger partial charge in [-0.3, -0.25) is 5.43 Å². The smallest absolute Gasteiger partial charge is 0.187 e. The zero-order chi connectivity index (χ0) is 15.8. The van der Waals surface area contributed by atoms with Gasteiger partial charge in [0.25, 0.3) is 0 Å². The standard InChI is InChI=1S/C15H21FN4OS/c1-12(13-4-2-3-5-14(13)16)18-19-15(22)17-6-7-20-8-10-21-11-9-20/h2-5H,6-11H2,1H3,(H2,17,19,22)/p+1/b18-12-. The summed E-state index contributed by atoms with van der Waals surface area (Å²) in [5.41, 5.74) is 3.78. The van der Waals surface area contributed by atoms with Gasteiger partial charge in [-0.2, -0.15) is 5.10 Å². The van der Waals surface area contributed by atoms with Gasteiger partial charge in [0, 0.05) is 5.56 Å². The molecule has 0 saturated carbocycles. The molecule has 1 fully saturated rings. The third kappa shape index (κ3) is 5.32. The molecule has 0 bridgehead atoms. The van der Waals surface area contributed by atoms with Gasteiger partial charge < -0.3 is 15.0 Å². The Morgan fingerprint density at radius 1 is 1.36 bits per heavy atom. The van der Waals surface area contributed by atoms with E-state index in [2.05, 4.69) is 15.8 Å². The number of rotatable bonds is 5. The first-order valence-electron chi connectivity index (χ1n) is 7.41. The Hall–Kier alpha value is -1.57. The van der Waals surface area contributed by atoms with Crippen LogP contribution in [0.25, 0.3) is 0 Å². The highest BCUT2D eigenvalue weighted by Gasteiger charge is 2.12. The van der Waals surface area contributed by atoms with Crippen LogP contribution in [-0.2, 0) is 4.74 Å². The molecule has 2 rings (SSSR count). The van der Waals surface area contributed by atoms with Crippen molar-refractivity contribution >= 4 is 23.0 Å². The van der Waals surface area contributed by atoms with Gasteiger partial charge in [-0.1, -0.05) is 18.2 Å². The van der Waals surface area contributed by atoms with Crippen LogP contribution in [0, 0.1) is 5.82 Å². The molecular weight excluding hydrogens is 303 g/mol. The van der Waals surface area contributed by atoms with E-state index in [1.165, 1.54) is 11.0 Å². The Morgan fingerprint density at radius 2 is 2.09 bits per heavy atom. The number of hydrogen-bond donors (Lipinski definition) is 3. The topological polar surface area (TPSA) is 50.1 Å². The highest BCUT2D eigenvalue weighted by Crippen LogP contribution is 2.07. The van der Waals surface area contributed by atoms with Crippen molar-refractivity contribution in [3.05, 3.63) is 35.6 Å². The van der Waals surface area contributed by atoms with Crippen LogP contribution < -0.4 is 15.6 Å². The molecule has 5 nitrogen and oxygen atoms in total. The van der Waals surface area contributed by atoms with Gasteiger partial charge in [0.15, 0.2) is 5.11 Å². The SMILES string of the molecule is C/C(=N/NC(=S)NCC[NH+]1CCOCC1)c1ccccc1F. The zero-order valence-corrected chi connectivity index (χ0v) is 13.5. The molecule has 22 heavy (non-hydrogen) atoms. The van der Waals surface area contributed by atoms with E-state index in [1.54, 1.807) is 25.1 Å². The molecule has 1 aliphatic heterocycles. The lowest BCUT2D eigenvalue weighted by atomic mass is 10.1. The van der Waals surface area contributed by atoms with Gasteiger partial charge in [0.1, 0.15) is 18.9 Å². The number of benzene rings is 1. The minimum absolute atomic E-state index is 0.291. The summed E-state index contributed by atoms with van der Waals surface area (Å²) >= 11 is 5.17. The fraction of sp³-hybridized carbons (Fsp3) is 0.467. The summed E-state index contributed by atoms with van der Waals surface area (Å²) in [5, 5.41) is 7.67. The van der Waals surface area contributed by atoms with E-state index in [0.29, 0.717) is 16.4 Å². The molecule has 0 amide bonds. The lowest BCUT2D eigenvalue weighted by Gasteiger charge is -2.23. The van der Waals surface area contributed by atoms with Crippen LogP contribution in [0.5, 0.6) is 0 Å². The monoisotopic (exact) mass is 325 g/mol. The lowest BCUT2D eigenvalue weighted by molar-refractivity contribution is -0.906. The summed E-state index contributed by atoms with van der Waals surface area (Å²) in [7, 11) is 0. The van der Waals surface area contributed by atoms with Crippen molar-refractivity contribution in [3.63, 3.8) is 0 Å². The van der Waals surface area contributed by atoms with E-state index in [0.717, 1.165) is 39.4 Å². The van der Waals surface area contributed by atoms with Gasteiger partial charge in [-0.25, -0.2) is 4.39 Å². The third-order valence-electron chi connectivity index (χ3n) is 3.55. The van der Waals surface area contributed by atoms with Gasteiger partial charge in [0.05, 0.1) is 32.0 Å². The Bertz CT molecular complexity index is 532. The van der Waals surface area contributed by atoms with Crippen molar-refractivity contribution in [2.45, 2.75) is 6.92 Å². The van der Waals surface area contributed by atoms with Crippen LogP contribution in [-0.4, -0.2) is 50.2 Å². The molecule has 0 unspecified atom stereocenters. The number of quaternary nitrogens is 1. The Labute approximate surface area is 135 Å². The zero-order valence-electron chi connectivity index (χ0n) is 12.7. The van der Waals surface area contributed by atoms with E-state index in [-0.39, 0.29) is 5.82 Å². The highest BCUT2D eigenvalue weighted by molar-refractivity contribution is 7.80. The molecule has 0 aliphatic carbocycles. The minimum atomic E-state index is -0.291. The number of nitrogens with zero attached hydrogens (tertiary/aromatic N) is 1. The normalized spacial score (nSPS) is 16.4. The maximum absolute atomic E-state index is 13.6. The Morgan fingerprint density at radius 3 is 2.82 bits per heavy atom. The number of thiocarbonyl (C=S) groups is 1. The third-order valence-corrected chi connectivity index (χ3v) is 3.79. The van der Waals surface area contributed by atoms with Crippen LogP contribution >= 0.6 is 12.2 Å². The van der Waals surface area contributed by atoms with Crippen molar-refractivity contribution in [1.82, 2.24) is 10.7 Å². The van der Waals surface area contributed by atoms with Crippen LogP contribution in [0.15, 0.2) is 29.4 Å². The summed E-state index contributed by atoms with van der Waals surface area (Å²) in [5.74, 6) is -0.291. The summed E-state index contributed by atoms with van der Waals surface area (Å²) in [6.45, 7) is 7.22. The Balaban J connectivity index is 1.72. The first-order chi connectivity index (χ1) is 10.7. The Kier molecular flexibility index (Phi) is 6.70. The molecule has 1 aromatic rings. The molecular formula is C15H22FN4OS+. The average Bonchev–Trinajstić information content (AvgIpc) is 2.54. The number of morpholine rings is 1. The van der Waals surface area contributed by atoms with E-state index in [4.69, 9.17) is 17.0 Å². The van der Waals surface area contributed by atoms with Crippen molar-refractivity contribution < 1.29 is 14.0 Å². The molecule has 1 aromatic carbocycles. The van der Waals surface area contributed by atoms with E-state index < -0.39 is 0 Å². The predicted octanol–water partition coefficient (Wildman–Crippen LogP) is -0.0711. The van der Waals surface area contributed by atoms with Crippen molar-refractivity contribution in [3.8, 4) is 0 Å². The second-order valence-electron chi connectivity index (χ2n) is 5.16. The predicted molar refractivity (Wildman–Crippen MR) is 88.7 cm³/mol. The van der Waals surface area contributed by atoms with Gasteiger partial charge >= 0.3 is 0 Å². The molecule has 0 aromatic heterocycles. The second-order valence-corrected chi connectivity index (χ2v) is 5.57. The molecule has 1 aliphatic rings. The van der Waals surface area contributed by atoms with E-state index >= 15 is 0 Å². The largest absolute Gasteiger partial charge is 0.370 e.